The lowest BCUT2D eigenvalue weighted by atomic mass is 10.1. The molecule has 1 aromatic carbocycles. The molecule has 0 heterocycles. The maximum absolute atomic E-state index is 11.4. The summed E-state index contributed by atoms with van der Waals surface area (Å²) >= 11 is 0. The summed E-state index contributed by atoms with van der Waals surface area (Å²) < 4.78 is 9.08. The lowest BCUT2D eigenvalue weighted by Crippen LogP contribution is -2.02. The Morgan fingerprint density at radius 1 is 1.24 bits per heavy atom. The van der Waals surface area contributed by atoms with Gasteiger partial charge in [-0.05, 0) is 29.2 Å². The molecule has 1 aromatic rings. The summed E-state index contributed by atoms with van der Waals surface area (Å²) in [6, 6.07) is 7.14. The summed E-state index contributed by atoms with van der Waals surface area (Å²) in [6.07, 6.45) is 2.30. The van der Waals surface area contributed by atoms with E-state index >= 15 is 0 Å². The molecule has 0 spiro atoms. The van der Waals surface area contributed by atoms with Crippen LogP contribution in [-0.2, 0) is 25.5 Å². The molecule has 0 aliphatic rings. The molecule has 0 bridgehead atoms. The van der Waals surface area contributed by atoms with Crippen LogP contribution in [0.25, 0.3) is 16.5 Å². The van der Waals surface area contributed by atoms with Crippen LogP contribution in [0.2, 0.25) is 0 Å². The Kier molecular flexibility index (Phi) is 6.50. The summed E-state index contributed by atoms with van der Waals surface area (Å²) in [5.41, 5.74) is 9.94. The Morgan fingerprint density at radius 2 is 1.90 bits per heavy atom. The molecule has 1 rings (SSSR count). The number of esters is 2. The van der Waals surface area contributed by atoms with Crippen LogP contribution in [0.5, 0.6) is 0 Å². The molecule has 0 aromatic heterocycles. The number of benzene rings is 1. The predicted molar refractivity (Wildman–Crippen MR) is 75.9 cm³/mol. The van der Waals surface area contributed by atoms with E-state index in [1.54, 1.807) is 12.1 Å². The molecule has 0 atom stereocenters. The fourth-order valence-corrected chi connectivity index (χ4v) is 1.57. The van der Waals surface area contributed by atoms with Gasteiger partial charge in [0.25, 0.3) is 0 Å². The quantitative estimate of drug-likeness (QED) is 0.264. The van der Waals surface area contributed by atoms with E-state index in [9.17, 15) is 9.59 Å². The average molecular weight is 289 g/mol. The van der Waals surface area contributed by atoms with E-state index in [0.717, 1.165) is 5.56 Å². The van der Waals surface area contributed by atoms with E-state index in [1.165, 1.54) is 20.3 Å². The monoisotopic (exact) mass is 289 g/mol. The van der Waals surface area contributed by atoms with Crippen molar-refractivity contribution in [1.29, 1.82) is 0 Å². The molecule has 0 N–H and O–H groups in total. The molecule has 7 nitrogen and oxygen atoms in total. The lowest BCUT2D eigenvalue weighted by Gasteiger charge is -2.02. The van der Waals surface area contributed by atoms with Crippen LogP contribution in [-0.4, -0.2) is 26.2 Å². The van der Waals surface area contributed by atoms with Crippen LogP contribution in [0.3, 0.4) is 0 Å². The van der Waals surface area contributed by atoms with Gasteiger partial charge in [0.2, 0.25) is 0 Å². The fraction of sp³-hybridized carbons (Fsp3) is 0.286. The number of methoxy groups -OCH3 is 2. The van der Waals surface area contributed by atoms with Crippen molar-refractivity contribution in [3.8, 4) is 0 Å². The number of aryl methyl sites for hydroxylation is 1. The highest BCUT2D eigenvalue weighted by Gasteiger charge is 2.07. The van der Waals surface area contributed by atoms with Gasteiger partial charge in [-0.2, -0.15) is 0 Å². The number of hydrogen-bond acceptors (Lipinski definition) is 5. The van der Waals surface area contributed by atoms with Crippen molar-refractivity contribution < 1.29 is 19.1 Å². The zero-order valence-corrected chi connectivity index (χ0v) is 11.8. The van der Waals surface area contributed by atoms with Gasteiger partial charge >= 0.3 is 11.9 Å². The summed E-state index contributed by atoms with van der Waals surface area (Å²) in [5, 5.41) is 3.29. The number of azide groups is 1. The molecule has 0 radical (unpaired) electrons. The van der Waals surface area contributed by atoms with Crippen molar-refractivity contribution in [2.45, 2.75) is 12.8 Å². The van der Waals surface area contributed by atoms with Crippen molar-refractivity contribution in [2.75, 3.05) is 14.2 Å². The number of carbonyl (C=O) groups is 2. The van der Waals surface area contributed by atoms with E-state index in [1.807, 2.05) is 12.1 Å². The third-order valence-corrected chi connectivity index (χ3v) is 2.68. The molecule has 0 saturated carbocycles. The van der Waals surface area contributed by atoms with Crippen molar-refractivity contribution in [2.24, 2.45) is 5.11 Å². The Hall–Kier alpha value is -2.79. The van der Waals surface area contributed by atoms with Gasteiger partial charge in [-0.15, -0.1) is 0 Å². The van der Waals surface area contributed by atoms with Gasteiger partial charge in [0.05, 0.1) is 14.2 Å². The van der Waals surface area contributed by atoms with Crippen molar-refractivity contribution in [3.63, 3.8) is 0 Å². The first-order valence-electron chi connectivity index (χ1n) is 6.11. The number of hydrogen-bond donors (Lipinski definition) is 0. The minimum Gasteiger partial charge on any atom is -0.469 e. The van der Waals surface area contributed by atoms with Crippen LogP contribution in [0.15, 0.2) is 35.1 Å². The first-order chi connectivity index (χ1) is 10.1. The summed E-state index contributed by atoms with van der Waals surface area (Å²) in [5.74, 6) is -0.974. The van der Waals surface area contributed by atoms with Crippen LogP contribution < -0.4 is 0 Å². The molecule has 0 amide bonds. The highest BCUT2D eigenvalue weighted by Crippen LogP contribution is 2.12. The Bertz CT molecular complexity index is 587. The van der Waals surface area contributed by atoms with E-state index in [4.69, 9.17) is 5.53 Å². The third kappa shape index (κ3) is 5.38. The van der Waals surface area contributed by atoms with Crippen molar-refractivity contribution >= 4 is 18.0 Å². The van der Waals surface area contributed by atoms with E-state index in [0.29, 0.717) is 18.4 Å². The van der Waals surface area contributed by atoms with Crippen molar-refractivity contribution in [1.82, 2.24) is 0 Å². The maximum Gasteiger partial charge on any atom is 0.340 e. The van der Waals surface area contributed by atoms with Gasteiger partial charge < -0.3 is 9.47 Å². The van der Waals surface area contributed by atoms with Crippen molar-refractivity contribution in [3.05, 3.63) is 51.5 Å². The number of ether oxygens (including phenoxy) is 2. The SMILES string of the molecule is COC(=O)CCc1ccc(/C=C(\N=[N+]=[N-])C(=O)OC)cc1. The highest BCUT2D eigenvalue weighted by atomic mass is 16.5. The van der Waals surface area contributed by atoms with Gasteiger partial charge in [-0.25, -0.2) is 4.79 Å². The molecule has 0 aliphatic carbocycles. The van der Waals surface area contributed by atoms with E-state index in [-0.39, 0.29) is 11.7 Å². The molecular formula is C14H15N3O4. The van der Waals surface area contributed by atoms with Gasteiger partial charge in [0, 0.05) is 11.3 Å². The standard InChI is InChI=1S/C14H15N3O4/c1-20-13(18)8-7-10-3-5-11(6-4-10)9-12(16-17-15)14(19)21-2/h3-6,9H,7-8H2,1-2H3/b12-9-. The smallest absolute Gasteiger partial charge is 0.340 e. The van der Waals surface area contributed by atoms with Gasteiger partial charge in [-0.3, -0.25) is 4.79 Å². The molecule has 0 fully saturated rings. The van der Waals surface area contributed by atoms with Gasteiger partial charge in [-0.1, -0.05) is 29.4 Å². The Labute approximate surface area is 121 Å². The minimum absolute atomic E-state index is 0.123. The number of rotatable bonds is 6. The normalized spacial score (nSPS) is 10.5. The summed E-state index contributed by atoms with van der Waals surface area (Å²) in [4.78, 5) is 25.0. The average Bonchev–Trinajstić information content (AvgIpc) is 2.52. The fourth-order valence-electron chi connectivity index (χ4n) is 1.57. The largest absolute Gasteiger partial charge is 0.469 e. The first-order valence-corrected chi connectivity index (χ1v) is 6.11. The molecule has 0 aliphatic heterocycles. The zero-order chi connectivity index (χ0) is 15.7. The number of carbonyl (C=O) groups excluding carboxylic acids is 2. The predicted octanol–water partition coefficient (Wildman–Crippen LogP) is 2.62. The van der Waals surface area contributed by atoms with Gasteiger partial charge in [0.1, 0.15) is 5.70 Å². The molecule has 7 heteroatoms. The van der Waals surface area contributed by atoms with E-state index in [2.05, 4.69) is 19.5 Å². The molecule has 110 valence electrons. The molecule has 0 unspecified atom stereocenters. The van der Waals surface area contributed by atoms with Crippen LogP contribution >= 0.6 is 0 Å². The summed E-state index contributed by atoms with van der Waals surface area (Å²) in [6.45, 7) is 0. The van der Waals surface area contributed by atoms with E-state index < -0.39 is 5.97 Å². The minimum atomic E-state index is -0.706. The Balaban J connectivity index is 2.83. The Morgan fingerprint density at radius 3 is 2.43 bits per heavy atom. The number of nitrogens with zero attached hydrogens (tertiary/aromatic N) is 3. The third-order valence-electron chi connectivity index (χ3n) is 2.68. The maximum atomic E-state index is 11.4. The molecule has 0 saturated heterocycles. The lowest BCUT2D eigenvalue weighted by molar-refractivity contribution is -0.140. The second-order valence-electron chi connectivity index (χ2n) is 4.03. The highest BCUT2D eigenvalue weighted by molar-refractivity contribution is 5.93. The van der Waals surface area contributed by atoms with Crippen LogP contribution in [0, 0.1) is 0 Å². The summed E-state index contributed by atoms with van der Waals surface area (Å²) in [7, 11) is 2.55. The topological polar surface area (TPSA) is 101 Å². The zero-order valence-electron chi connectivity index (χ0n) is 11.8. The van der Waals surface area contributed by atoms with Crippen LogP contribution in [0.4, 0.5) is 0 Å². The molecular weight excluding hydrogens is 274 g/mol. The van der Waals surface area contributed by atoms with Crippen LogP contribution in [0.1, 0.15) is 17.5 Å². The molecule has 21 heavy (non-hydrogen) atoms. The second-order valence-corrected chi connectivity index (χ2v) is 4.03. The van der Waals surface area contributed by atoms with Gasteiger partial charge in [0.15, 0.2) is 0 Å². The second kappa shape index (κ2) is 8.39. The first kappa shape index (κ1) is 16.3.